The Balaban J connectivity index is 1.39. The lowest BCUT2D eigenvalue weighted by Gasteiger charge is -2.27. The highest BCUT2D eigenvalue weighted by Gasteiger charge is 2.41. The summed E-state index contributed by atoms with van der Waals surface area (Å²) in [4.78, 5) is 21.2. The topological polar surface area (TPSA) is 67.0 Å². The number of aromatic nitrogens is 2. The van der Waals surface area contributed by atoms with Crippen LogP contribution in [0, 0.1) is 11.2 Å². The number of carbonyl (C=O) groups is 1. The average Bonchev–Trinajstić information content (AvgIpc) is 3.35. The van der Waals surface area contributed by atoms with E-state index in [-0.39, 0.29) is 17.8 Å². The molecule has 29 heavy (non-hydrogen) atoms. The monoisotopic (exact) mass is 395 g/mol. The highest BCUT2D eigenvalue weighted by Crippen LogP contribution is 2.41. The first-order chi connectivity index (χ1) is 14.0. The molecule has 1 atom stereocenters. The number of nitrogens with one attached hydrogen (secondary N) is 2. The summed E-state index contributed by atoms with van der Waals surface area (Å²) in [5.74, 6) is 1.21. The quantitative estimate of drug-likeness (QED) is 0.624. The van der Waals surface area contributed by atoms with Gasteiger partial charge in [-0.25, -0.2) is 9.37 Å². The molecule has 3 aromatic rings. The van der Waals surface area contributed by atoms with Gasteiger partial charge in [-0.2, -0.15) is 0 Å². The molecule has 2 aromatic carbocycles. The number of carbonyl (C=O) groups excluding carboxylic acids is 1. The number of ether oxygens (including phenoxy) is 1. The van der Waals surface area contributed by atoms with Crippen LogP contribution in [0.2, 0.25) is 0 Å². The Kier molecular flexibility index (Phi) is 5.51. The Morgan fingerprint density at radius 1 is 1.21 bits per heavy atom. The molecule has 1 aromatic heterocycles. The summed E-state index contributed by atoms with van der Waals surface area (Å²) < 4.78 is 18.8. The number of fused-ring (bicyclic) bond motifs is 1. The maximum atomic E-state index is 13.1. The summed E-state index contributed by atoms with van der Waals surface area (Å²) in [5.41, 5.74) is 1.50. The average molecular weight is 395 g/mol. The molecule has 1 amide bonds. The van der Waals surface area contributed by atoms with E-state index < -0.39 is 5.41 Å². The van der Waals surface area contributed by atoms with Crippen LogP contribution in [-0.4, -0.2) is 28.5 Å². The van der Waals surface area contributed by atoms with Gasteiger partial charge in [-0.3, -0.25) is 4.79 Å². The molecule has 2 N–H and O–H groups in total. The zero-order valence-corrected chi connectivity index (χ0v) is 16.6. The van der Waals surface area contributed by atoms with Crippen molar-refractivity contribution in [2.45, 2.75) is 45.1 Å². The Hall–Kier alpha value is -2.89. The zero-order chi connectivity index (χ0) is 20.3. The summed E-state index contributed by atoms with van der Waals surface area (Å²) in [6.07, 6.45) is 4.23. The summed E-state index contributed by atoms with van der Waals surface area (Å²) in [6, 6.07) is 13.8. The molecule has 4 rings (SSSR count). The van der Waals surface area contributed by atoms with Gasteiger partial charge in [0, 0.05) is 6.42 Å². The van der Waals surface area contributed by atoms with Gasteiger partial charge in [0.25, 0.3) is 0 Å². The van der Waals surface area contributed by atoms with Crippen molar-refractivity contribution < 1.29 is 13.9 Å². The highest BCUT2D eigenvalue weighted by molar-refractivity contribution is 5.83. The largest absolute Gasteiger partial charge is 0.489 e. The van der Waals surface area contributed by atoms with Crippen LogP contribution in [0.25, 0.3) is 11.0 Å². The number of nitrogens with zero attached hydrogens (tertiary/aromatic N) is 1. The fraction of sp³-hybridized carbons (Fsp3) is 0.391. The zero-order valence-electron chi connectivity index (χ0n) is 16.6. The first-order valence-electron chi connectivity index (χ1n) is 10.2. The predicted octanol–water partition coefficient (Wildman–Crippen LogP) is 4.39. The number of hydrogen-bond donors (Lipinski definition) is 2. The lowest BCUT2D eigenvalue weighted by atomic mass is 9.81. The smallest absolute Gasteiger partial charge is 0.226 e. The van der Waals surface area contributed by atoms with Crippen molar-refractivity contribution in [2.24, 2.45) is 5.41 Å². The number of aromatic amines is 1. The van der Waals surface area contributed by atoms with Crippen molar-refractivity contribution in [1.82, 2.24) is 15.3 Å². The molecule has 1 aliphatic rings. The van der Waals surface area contributed by atoms with Crippen LogP contribution in [0.15, 0.2) is 48.5 Å². The van der Waals surface area contributed by atoms with Gasteiger partial charge in [0.1, 0.15) is 23.5 Å². The first-order valence-corrected chi connectivity index (χ1v) is 10.2. The molecule has 0 spiro atoms. The minimum absolute atomic E-state index is 0.0602. The Bertz CT molecular complexity index is 944. The molecular formula is C23H26FN3O2. The second kappa shape index (κ2) is 8.23. The van der Waals surface area contributed by atoms with Gasteiger partial charge in [-0.1, -0.05) is 25.0 Å². The minimum atomic E-state index is -0.427. The molecule has 6 heteroatoms. The van der Waals surface area contributed by atoms with Crippen LogP contribution < -0.4 is 10.1 Å². The molecule has 0 saturated heterocycles. The van der Waals surface area contributed by atoms with Crippen molar-refractivity contribution in [1.29, 1.82) is 0 Å². The number of imidazole rings is 1. The van der Waals surface area contributed by atoms with Crippen LogP contribution in [0.3, 0.4) is 0 Å². The highest BCUT2D eigenvalue weighted by atomic mass is 19.1. The van der Waals surface area contributed by atoms with E-state index in [9.17, 15) is 9.18 Å². The van der Waals surface area contributed by atoms with E-state index in [1.807, 2.05) is 31.2 Å². The first kappa shape index (κ1) is 19.4. The Morgan fingerprint density at radius 3 is 2.66 bits per heavy atom. The third kappa shape index (κ3) is 4.42. The van der Waals surface area contributed by atoms with E-state index >= 15 is 0 Å². The van der Waals surface area contributed by atoms with E-state index in [0.717, 1.165) is 42.5 Å². The van der Waals surface area contributed by atoms with Gasteiger partial charge in [-0.05, 0) is 56.2 Å². The van der Waals surface area contributed by atoms with Gasteiger partial charge < -0.3 is 15.0 Å². The van der Waals surface area contributed by atoms with Gasteiger partial charge in [0.05, 0.1) is 23.0 Å². The molecule has 1 saturated carbocycles. The lowest BCUT2D eigenvalue weighted by Crippen LogP contribution is -2.44. The number of H-pyrrole nitrogens is 1. The Labute approximate surface area is 169 Å². The van der Waals surface area contributed by atoms with E-state index in [4.69, 9.17) is 4.74 Å². The molecular weight excluding hydrogens is 369 g/mol. The minimum Gasteiger partial charge on any atom is -0.489 e. The van der Waals surface area contributed by atoms with E-state index in [2.05, 4.69) is 15.3 Å². The second-order valence-corrected chi connectivity index (χ2v) is 7.96. The van der Waals surface area contributed by atoms with E-state index in [0.29, 0.717) is 18.7 Å². The maximum absolute atomic E-state index is 13.1. The van der Waals surface area contributed by atoms with Crippen molar-refractivity contribution >= 4 is 16.9 Å². The van der Waals surface area contributed by atoms with Crippen LogP contribution in [0.4, 0.5) is 4.39 Å². The molecule has 1 aliphatic carbocycles. The van der Waals surface area contributed by atoms with Gasteiger partial charge >= 0.3 is 0 Å². The van der Waals surface area contributed by atoms with Crippen molar-refractivity contribution in [3.05, 3.63) is 60.2 Å². The fourth-order valence-electron chi connectivity index (χ4n) is 4.16. The van der Waals surface area contributed by atoms with Gasteiger partial charge in [0.2, 0.25) is 5.91 Å². The molecule has 1 unspecified atom stereocenters. The number of hydrogen-bond acceptors (Lipinski definition) is 3. The van der Waals surface area contributed by atoms with Crippen LogP contribution in [-0.2, 0) is 11.2 Å². The van der Waals surface area contributed by atoms with Crippen LogP contribution in [0.1, 0.15) is 38.4 Å². The van der Waals surface area contributed by atoms with Gasteiger partial charge in [-0.15, -0.1) is 0 Å². The Morgan fingerprint density at radius 2 is 1.93 bits per heavy atom. The third-order valence-electron chi connectivity index (χ3n) is 5.69. The lowest BCUT2D eigenvalue weighted by molar-refractivity contribution is -0.131. The third-order valence-corrected chi connectivity index (χ3v) is 5.69. The van der Waals surface area contributed by atoms with Crippen LogP contribution >= 0.6 is 0 Å². The molecule has 1 heterocycles. The predicted molar refractivity (Wildman–Crippen MR) is 110 cm³/mol. The fourth-order valence-corrected chi connectivity index (χ4v) is 4.16. The molecule has 0 bridgehead atoms. The standard InChI is InChI=1S/C23H26FN3O2/c1-16(29-18-10-8-17(24)9-11-18)15-25-22(28)23(12-4-5-13-23)14-21-26-19-6-2-3-7-20(19)27-21/h2-3,6-11,16H,4-5,12-15H2,1H3,(H,25,28)(H,26,27). The van der Waals surface area contributed by atoms with Crippen molar-refractivity contribution in [3.8, 4) is 5.75 Å². The summed E-state index contributed by atoms with van der Waals surface area (Å²) in [7, 11) is 0. The van der Waals surface area contributed by atoms with Crippen molar-refractivity contribution in [3.63, 3.8) is 0 Å². The van der Waals surface area contributed by atoms with E-state index in [1.54, 1.807) is 12.1 Å². The number of para-hydroxylation sites is 2. The molecule has 0 radical (unpaired) electrons. The number of rotatable bonds is 7. The molecule has 0 aliphatic heterocycles. The second-order valence-electron chi connectivity index (χ2n) is 7.96. The van der Waals surface area contributed by atoms with Crippen molar-refractivity contribution in [2.75, 3.05) is 6.54 Å². The maximum Gasteiger partial charge on any atom is 0.226 e. The van der Waals surface area contributed by atoms with Crippen LogP contribution in [0.5, 0.6) is 5.75 Å². The van der Waals surface area contributed by atoms with E-state index in [1.165, 1.54) is 12.1 Å². The normalized spacial score (nSPS) is 16.6. The molecule has 152 valence electrons. The summed E-state index contributed by atoms with van der Waals surface area (Å²) in [5, 5.41) is 3.07. The summed E-state index contributed by atoms with van der Waals surface area (Å²) in [6.45, 7) is 2.29. The summed E-state index contributed by atoms with van der Waals surface area (Å²) >= 11 is 0. The number of amides is 1. The molecule has 5 nitrogen and oxygen atoms in total. The SMILES string of the molecule is CC(CNC(=O)C1(Cc2nc3ccccc3[nH]2)CCCC1)Oc1ccc(F)cc1. The molecule has 1 fully saturated rings. The number of benzene rings is 2. The van der Waals surface area contributed by atoms with Gasteiger partial charge in [0.15, 0.2) is 0 Å². The number of halogens is 1.